The minimum atomic E-state index is -1.30. The predicted octanol–water partition coefficient (Wildman–Crippen LogP) is 3.62. The van der Waals surface area contributed by atoms with E-state index < -0.39 is 47.9 Å². The molecular weight excluding hydrogens is 602 g/mol. The molecule has 46 heavy (non-hydrogen) atoms. The van der Waals surface area contributed by atoms with Crippen molar-refractivity contribution in [2.45, 2.75) is 62.2 Å². The quantitative estimate of drug-likeness (QED) is 0.139. The number of nitrogens with zero attached hydrogens (tertiary/aromatic N) is 1. The number of thioether (sulfide) groups is 1. The van der Waals surface area contributed by atoms with E-state index in [1.807, 2.05) is 69.3 Å². The third-order valence-electron chi connectivity index (χ3n) is 6.95. The van der Waals surface area contributed by atoms with Gasteiger partial charge >= 0.3 is 0 Å². The highest BCUT2D eigenvalue weighted by Gasteiger charge is 2.29. The van der Waals surface area contributed by atoms with Crippen molar-refractivity contribution in [2.24, 2.45) is 5.73 Å². The smallest absolute Gasteiger partial charge is 0.270 e. The number of pyridine rings is 1. The SMILES string of the molecule is CC(C)(C)NC(=O)c1cccc(SC[C@H](O)[C@H](Cc2ccccc2)NC(=O)[C@H](CC(N)=O)NC(=O)c2ccc3ccccc3n2)c1. The van der Waals surface area contributed by atoms with Crippen molar-refractivity contribution >= 4 is 46.3 Å². The molecule has 0 aliphatic carbocycles. The van der Waals surface area contributed by atoms with Crippen molar-refractivity contribution < 1.29 is 24.3 Å². The van der Waals surface area contributed by atoms with Crippen LogP contribution in [0.3, 0.4) is 0 Å². The number of carbonyl (C=O) groups excluding carboxylic acids is 4. The Morgan fingerprint density at radius 2 is 1.59 bits per heavy atom. The Hall–Kier alpha value is -4.74. The van der Waals surface area contributed by atoms with Gasteiger partial charge in [-0.1, -0.05) is 60.7 Å². The minimum Gasteiger partial charge on any atom is -0.390 e. The number of fused-ring (bicyclic) bond motifs is 1. The van der Waals surface area contributed by atoms with Crippen LogP contribution in [0.2, 0.25) is 0 Å². The first kappa shape index (κ1) is 34.1. The number of nitrogens with one attached hydrogen (secondary N) is 3. The highest BCUT2D eigenvalue weighted by molar-refractivity contribution is 7.99. The molecule has 6 N–H and O–H groups in total. The van der Waals surface area contributed by atoms with Gasteiger partial charge < -0.3 is 26.8 Å². The fraction of sp³-hybridized carbons (Fsp3) is 0.286. The number of benzene rings is 3. The maximum Gasteiger partial charge on any atom is 0.270 e. The van der Waals surface area contributed by atoms with Gasteiger partial charge in [-0.25, -0.2) is 4.98 Å². The number of aromatic nitrogens is 1. The molecule has 0 spiro atoms. The van der Waals surface area contributed by atoms with Crippen molar-refractivity contribution in [3.63, 3.8) is 0 Å². The number of aliphatic hydroxyl groups is 1. The molecule has 0 bridgehead atoms. The van der Waals surface area contributed by atoms with Crippen LogP contribution in [0.25, 0.3) is 10.9 Å². The summed E-state index contributed by atoms with van der Waals surface area (Å²) < 4.78 is 0. The van der Waals surface area contributed by atoms with Gasteiger partial charge in [-0.15, -0.1) is 11.8 Å². The zero-order valence-electron chi connectivity index (χ0n) is 26.0. The van der Waals surface area contributed by atoms with E-state index in [0.29, 0.717) is 11.1 Å². The average Bonchev–Trinajstić information content (AvgIpc) is 3.02. The molecular formula is C35H39N5O5S. The number of aliphatic hydroxyl groups excluding tert-OH is 1. The van der Waals surface area contributed by atoms with Gasteiger partial charge in [0.15, 0.2) is 0 Å². The molecule has 1 heterocycles. The van der Waals surface area contributed by atoms with Crippen molar-refractivity contribution in [1.82, 2.24) is 20.9 Å². The summed E-state index contributed by atoms with van der Waals surface area (Å²) in [5.74, 6) is -2.10. The van der Waals surface area contributed by atoms with Crippen LogP contribution in [-0.2, 0) is 16.0 Å². The molecule has 1 aromatic heterocycles. The number of para-hydroxylation sites is 1. The molecule has 0 radical (unpaired) electrons. The predicted molar refractivity (Wildman–Crippen MR) is 179 cm³/mol. The number of primary amides is 1. The Morgan fingerprint density at radius 3 is 2.30 bits per heavy atom. The van der Waals surface area contributed by atoms with Crippen molar-refractivity contribution in [3.8, 4) is 0 Å². The molecule has 0 saturated heterocycles. The van der Waals surface area contributed by atoms with Gasteiger partial charge in [0.1, 0.15) is 11.7 Å². The van der Waals surface area contributed by atoms with Crippen LogP contribution in [0.5, 0.6) is 0 Å². The third-order valence-corrected chi connectivity index (χ3v) is 8.05. The standard InChI is InChI=1S/C35H39N5O5S/c1-35(2,3)40-32(43)24-13-9-14-25(19-24)46-21-30(41)28(18-22-10-5-4-6-11-22)38-34(45)29(20-31(36)42)39-33(44)27-17-16-23-12-7-8-15-26(23)37-27/h4-17,19,28-30,41H,18,20-21H2,1-3H3,(H2,36,42)(H,38,45)(H,39,44)(H,40,43)/t28-,29-,30-/m0/s1. The molecule has 0 aliphatic heterocycles. The topological polar surface area (TPSA) is 164 Å². The molecule has 0 aliphatic rings. The summed E-state index contributed by atoms with van der Waals surface area (Å²) in [5, 5.41) is 20.5. The molecule has 3 aromatic carbocycles. The molecule has 3 atom stereocenters. The third kappa shape index (κ3) is 10.1. The summed E-state index contributed by atoms with van der Waals surface area (Å²) in [4.78, 5) is 56.4. The lowest BCUT2D eigenvalue weighted by Crippen LogP contribution is -2.54. The second-order valence-electron chi connectivity index (χ2n) is 12.0. The molecule has 4 amide bonds. The minimum absolute atomic E-state index is 0.0802. The summed E-state index contributed by atoms with van der Waals surface area (Å²) in [6.45, 7) is 5.71. The maximum absolute atomic E-state index is 13.6. The second-order valence-corrected chi connectivity index (χ2v) is 13.1. The van der Waals surface area contributed by atoms with Gasteiger partial charge in [-0.3, -0.25) is 19.2 Å². The lowest BCUT2D eigenvalue weighted by atomic mass is 10.0. The van der Waals surface area contributed by atoms with Gasteiger partial charge in [-0.05, 0) is 63.1 Å². The second kappa shape index (κ2) is 15.5. The normalized spacial score (nSPS) is 13.3. The van der Waals surface area contributed by atoms with Crippen molar-refractivity contribution in [1.29, 1.82) is 0 Å². The largest absolute Gasteiger partial charge is 0.390 e. The summed E-state index contributed by atoms with van der Waals surface area (Å²) >= 11 is 1.34. The molecule has 4 aromatic rings. The number of rotatable bonds is 13. The summed E-state index contributed by atoms with van der Waals surface area (Å²) in [7, 11) is 0. The zero-order chi connectivity index (χ0) is 33.3. The van der Waals surface area contributed by atoms with E-state index in [-0.39, 0.29) is 23.8 Å². The van der Waals surface area contributed by atoms with E-state index >= 15 is 0 Å². The number of hydrogen-bond donors (Lipinski definition) is 5. The van der Waals surface area contributed by atoms with Crippen LogP contribution < -0.4 is 21.7 Å². The molecule has 4 rings (SSSR count). The first-order valence-electron chi connectivity index (χ1n) is 14.9. The monoisotopic (exact) mass is 641 g/mol. The van der Waals surface area contributed by atoms with E-state index in [4.69, 9.17) is 5.73 Å². The lowest BCUT2D eigenvalue weighted by Gasteiger charge is -2.27. The van der Waals surface area contributed by atoms with Crippen LogP contribution in [0, 0.1) is 0 Å². The number of carbonyl (C=O) groups is 4. The first-order chi connectivity index (χ1) is 21.9. The Balaban J connectivity index is 1.48. The Kier molecular flexibility index (Phi) is 11.5. The fourth-order valence-corrected chi connectivity index (χ4v) is 5.69. The van der Waals surface area contributed by atoms with E-state index in [0.717, 1.165) is 15.8 Å². The molecule has 11 heteroatoms. The first-order valence-corrected chi connectivity index (χ1v) is 15.9. The molecule has 0 saturated carbocycles. The van der Waals surface area contributed by atoms with Crippen LogP contribution in [0.4, 0.5) is 0 Å². The molecule has 0 unspecified atom stereocenters. The lowest BCUT2D eigenvalue weighted by molar-refractivity contribution is -0.128. The molecule has 0 fully saturated rings. The van der Waals surface area contributed by atoms with E-state index in [1.165, 1.54) is 17.8 Å². The van der Waals surface area contributed by atoms with Crippen LogP contribution >= 0.6 is 11.8 Å². The van der Waals surface area contributed by atoms with Gasteiger partial charge in [-0.2, -0.15) is 0 Å². The Bertz CT molecular complexity index is 1690. The highest BCUT2D eigenvalue weighted by atomic mass is 32.2. The van der Waals surface area contributed by atoms with E-state index in [1.54, 1.807) is 36.4 Å². The Labute approximate surface area is 272 Å². The Morgan fingerprint density at radius 1 is 0.870 bits per heavy atom. The zero-order valence-corrected chi connectivity index (χ0v) is 26.8. The van der Waals surface area contributed by atoms with Gasteiger partial charge in [0.25, 0.3) is 11.8 Å². The van der Waals surface area contributed by atoms with Crippen molar-refractivity contribution in [3.05, 3.63) is 108 Å². The number of hydrogen-bond acceptors (Lipinski definition) is 7. The van der Waals surface area contributed by atoms with Gasteiger partial charge in [0.05, 0.1) is 24.1 Å². The van der Waals surface area contributed by atoms with E-state index in [9.17, 15) is 24.3 Å². The number of amides is 4. The number of nitrogens with two attached hydrogens (primary N) is 1. The van der Waals surface area contributed by atoms with E-state index in [2.05, 4.69) is 20.9 Å². The van der Waals surface area contributed by atoms with Crippen molar-refractivity contribution in [2.75, 3.05) is 5.75 Å². The van der Waals surface area contributed by atoms with Gasteiger partial charge in [0.2, 0.25) is 11.8 Å². The summed E-state index contributed by atoms with van der Waals surface area (Å²) in [6.07, 6.45) is -1.20. The highest BCUT2D eigenvalue weighted by Crippen LogP contribution is 2.22. The van der Waals surface area contributed by atoms with Crippen LogP contribution in [0.1, 0.15) is 53.6 Å². The maximum atomic E-state index is 13.6. The fourth-order valence-electron chi connectivity index (χ4n) is 4.71. The summed E-state index contributed by atoms with van der Waals surface area (Å²) in [5.41, 5.74) is 7.11. The summed E-state index contributed by atoms with van der Waals surface area (Å²) in [6, 6.07) is 24.9. The van der Waals surface area contributed by atoms with Gasteiger partial charge in [0, 0.05) is 27.1 Å². The van der Waals surface area contributed by atoms with Crippen LogP contribution in [0.15, 0.2) is 95.9 Å². The van der Waals surface area contributed by atoms with Crippen LogP contribution in [-0.4, -0.2) is 63.2 Å². The average molecular weight is 642 g/mol. The molecule has 240 valence electrons. The molecule has 10 nitrogen and oxygen atoms in total.